The summed E-state index contributed by atoms with van der Waals surface area (Å²) in [5.41, 5.74) is 13.7. The van der Waals surface area contributed by atoms with Crippen molar-refractivity contribution in [1.29, 1.82) is 0 Å². The molecule has 0 saturated heterocycles. The van der Waals surface area contributed by atoms with Gasteiger partial charge in [-0.25, -0.2) is 4.98 Å². The van der Waals surface area contributed by atoms with Gasteiger partial charge in [0.1, 0.15) is 0 Å². The Kier molecular flexibility index (Phi) is 6.34. The van der Waals surface area contributed by atoms with Crippen molar-refractivity contribution in [1.82, 2.24) is 19.5 Å². The predicted molar refractivity (Wildman–Crippen MR) is 236 cm³/mol. The fraction of sp³-hybridized carbons (Fsp3) is 0.0185. The van der Waals surface area contributed by atoms with Gasteiger partial charge in [-0.3, -0.25) is 4.57 Å². The molecule has 13 rings (SSSR count). The molecule has 9 aromatic carbocycles. The minimum Gasteiger partial charge on any atom is -0.277 e. The largest absolute Gasteiger partial charge is 0.277 e. The normalized spacial score (nSPS) is 13.3. The molecule has 4 nitrogen and oxygen atoms in total. The smallest absolute Gasteiger partial charge is 0.238 e. The van der Waals surface area contributed by atoms with Crippen molar-refractivity contribution in [2.45, 2.75) is 5.41 Å². The number of hydrogen-bond acceptors (Lipinski definition) is 3. The number of nitrogens with zero attached hydrogens (tertiary/aromatic N) is 4. The number of rotatable bonds is 3. The second kappa shape index (κ2) is 11.7. The molecule has 0 aliphatic heterocycles. The Morgan fingerprint density at radius 1 is 0.397 bits per heavy atom. The lowest BCUT2D eigenvalue weighted by molar-refractivity contribution is 0.795. The van der Waals surface area contributed by atoms with E-state index in [0.717, 1.165) is 32.9 Å². The van der Waals surface area contributed by atoms with Crippen LogP contribution in [-0.2, 0) is 5.41 Å². The van der Waals surface area contributed by atoms with Crippen LogP contribution in [0.4, 0.5) is 0 Å². The molecule has 2 aliphatic rings. The third-order valence-corrected chi connectivity index (χ3v) is 12.6. The van der Waals surface area contributed by atoms with E-state index in [2.05, 4.69) is 180 Å². The summed E-state index contributed by atoms with van der Waals surface area (Å²) < 4.78 is 2.35. The van der Waals surface area contributed by atoms with Crippen LogP contribution in [0, 0.1) is 0 Å². The van der Waals surface area contributed by atoms with E-state index in [-0.39, 0.29) is 0 Å². The van der Waals surface area contributed by atoms with E-state index in [9.17, 15) is 0 Å². The van der Waals surface area contributed by atoms with Gasteiger partial charge in [-0.05, 0) is 72.6 Å². The van der Waals surface area contributed by atoms with E-state index in [1.807, 2.05) is 18.2 Å². The second-order valence-corrected chi connectivity index (χ2v) is 15.5. The van der Waals surface area contributed by atoms with Crippen molar-refractivity contribution >= 4 is 43.4 Å². The van der Waals surface area contributed by atoms with Gasteiger partial charge in [0.05, 0.1) is 16.4 Å². The lowest BCUT2D eigenvalue weighted by atomic mass is 9.70. The molecule has 0 amide bonds. The SMILES string of the molecule is c1ccc(-c2nc(-c3ccc4ccccc4c3)nc(-n3c4ccccc4c4c5ccccc5c5c(c43)C3(c4ccccc4-c4ccccc43)c3ccccc3-5)n2)cc1. The highest BCUT2D eigenvalue weighted by atomic mass is 15.2. The molecular formula is C54H32N4. The zero-order valence-electron chi connectivity index (χ0n) is 31.3. The van der Waals surface area contributed by atoms with E-state index in [0.29, 0.717) is 17.6 Å². The quantitative estimate of drug-likeness (QED) is 0.181. The molecule has 0 saturated carbocycles. The maximum absolute atomic E-state index is 5.48. The zero-order valence-corrected chi connectivity index (χ0v) is 31.3. The fourth-order valence-corrected chi connectivity index (χ4v) is 10.4. The zero-order chi connectivity index (χ0) is 38.0. The first kappa shape index (κ1) is 31.5. The highest BCUT2D eigenvalue weighted by Gasteiger charge is 2.53. The Morgan fingerprint density at radius 2 is 0.948 bits per heavy atom. The van der Waals surface area contributed by atoms with Crippen molar-refractivity contribution < 1.29 is 0 Å². The van der Waals surface area contributed by atoms with Crippen LogP contribution in [0.1, 0.15) is 22.3 Å². The topological polar surface area (TPSA) is 43.6 Å². The van der Waals surface area contributed by atoms with Crippen LogP contribution < -0.4 is 0 Å². The number of benzene rings is 9. The molecule has 2 aliphatic carbocycles. The van der Waals surface area contributed by atoms with E-state index in [4.69, 9.17) is 15.0 Å². The average Bonchev–Trinajstić information content (AvgIpc) is 3.92. The standard InChI is InChI=1S/C54H32N4/c1-2-17-34(18-3-1)51-55-52(36-31-30-33-16-4-5-19-35(33)32-36)57-53(56-51)58-46-29-15-11-25-42(46)48-40-23-7-6-22-39(40)47-41-24-10-14-28-45(41)54(49(47)50(48)58)43-26-12-8-20-37(43)38-21-9-13-27-44(38)54/h1-32H. The summed E-state index contributed by atoms with van der Waals surface area (Å²) in [5, 5.41) is 7.14. The van der Waals surface area contributed by atoms with Gasteiger partial charge in [0.2, 0.25) is 5.95 Å². The molecule has 0 N–H and O–H groups in total. The molecular weight excluding hydrogens is 705 g/mol. The van der Waals surface area contributed by atoms with Crippen molar-refractivity contribution in [2.75, 3.05) is 0 Å². The van der Waals surface area contributed by atoms with Crippen molar-refractivity contribution in [3.8, 4) is 51.0 Å². The van der Waals surface area contributed by atoms with Crippen LogP contribution in [0.15, 0.2) is 194 Å². The summed E-state index contributed by atoms with van der Waals surface area (Å²) in [4.78, 5) is 16.1. The Bertz CT molecular complexity index is 3480. The van der Waals surface area contributed by atoms with Gasteiger partial charge in [0.25, 0.3) is 0 Å². The third-order valence-electron chi connectivity index (χ3n) is 12.6. The number of fused-ring (bicyclic) bond motifs is 18. The molecule has 0 unspecified atom stereocenters. The van der Waals surface area contributed by atoms with Gasteiger partial charge in [-0.1, -0.05) is 182 Å². The molecule has 0 radical (unpaired) electrons. The predicted octanol–water partition coefficient (Wildman–Crippen LogP) is 13.0. The maximum Gasteiger partial charge on any atom is 0.238 e. The average molecular weight is 737 g/mol. The summed E-state index contributed by atoms with van der Waals surface area (Å²) in [7, 11) is 0. The minimum atomic E-state index is -0.593. The Labute approximate surface area is 334 Å². The number of para-hydroxylation sites is 1. The first-order valence-electron chi connectivity index (χ1n) is 19.9. The van der Waals surface area contributed by atoms with E-state index in [1.165, 1.54) is 66.1 Å². The summed E-state index contributed by atoms with van der Waals surface area (Å²) >= 11 is 0. The highest BCUT2D eigenvalue weighted by Crippen LogP contribution is 2.66. The van der Waals surface area contributed by atoms with Gasteiger partial charge in [-0.2, -0.15) is 9.97 Å². The number of aromatic nitrogens is 4. The van der Waals surface area contributed by atoms with Crippen molar-refractivity contribution in [2.24, 2.45) is 0 Å². The van der Waals surface area contributed by atoms with E-state index >= 15 is 0 Å². The number of hydrogen-bond donors (Lipinski definition) is 0. The highest BCUT2D eigenvalue weighted by molar-refractivity contribution is 6.27. The van der Waals surface area contributed by atoms with Crippen molar-refractivity contribution in [3.05, 3.63) is 216 Å². The molecule has 0 atom stereocenters. The lowest BCUT2D eigenvalue weighted by Crippen LogP contribution is -2.26. The Hall–Kier alpha value is -7.69. The molecule has 4 heteroatoms. The van der Waals surface area contributed by atoms with Crippen LogP contribution in [0.3, 0.4) is 0 Å². The first-order valence-corrected chi connectivity index (χ1v) is 19.9. The van der Waals surface area contributed by atoms with Crippen LogP contribution in [0.5, 0.6) is 0 Å². The van der Waals surface area contributed by atoms with Gasteiger partial charge in [0, 0.05) is 27.5 Å². The minimum absolute atomic E-state index is 0.589. The molecule has 58 heavy (non-hydrogen) atoms. The molecule has 0 bridgehead atoms. The summed E-state index contributed by atoms with van der Waals surface area (Å²) in [5.74, 6) is 1.85. The van der Waals surface area contributed by atoms with Gasteiger partial charge in [-0.15, -0.1) is 0 Å². The lowest BCUT2D eigenvalue weighted by Gasteiger charge is -2.31. The Morgan fingerprint density at radius 3 is 1.69 bits per heavy atom. The Balaban J connectivity index is 1.25. The maximum atomic E-state index is 5.48. The molecule has 268 valence electrons. The molecule has 1 spiro atoms. The van der Waals surface area contributed by atoms with Crippen LogP contribution in [0.2, 0.25) is 0 Å². The molecule has 11 aromatic rings. The first-order chi connectivity index (χ1) is 28.8. The summed E-state index contributed by atoms with van der Waals surface area (Å²) in [6, 6.07) is 70.1. The van der Waals surface area contributed by atoms with Gasteiger partial charge < -0.3 is 0 Å². The van der Waals surface area contributed by atoms with Gasteiger partial charge >= 0.3 is 0 Å². The van der Waals surface area contributed by atoms with Crippen LogP contribution in [-0.4, -0.2) is 19.5 Å². The summed E-state index contributed by atoms with van der Waals surface area (Å²) in [6.07, 6.45) is 0. The van der Waals surface area contributed by atoms with E-state index in [1.54, 1.807) is 0 Å². The van der Waals surface area contributed by atoms with Crippen molar-refractivity contribution in [3.63, 3.8) is 0 Å². The van der Waals surface area contributed by atoms with Crippen LogP contribution >= 0.6 is 0 Å². The van der Waals surface area contributed by atoms with Gasteiger partial charge in [0.15, 0.2) is 11.6 Å². The monoisotopic (exact) mass is 736 g/mol. The third kappa shape index (κ3) is 4.05. The second-order valence-electron chi connectivity index (χ2n) is 15.5. The molecule has 2 heterocycles. The molecule has 2 aromatic heterocycles. The summed E-state index contributed by atoms with van der Waals surface area (Å²) in [6.45, 7) is 0. The fourth-order valence-electron chi connectivity index (χ4n) is 10.4. The van der Waals surface area contributed by atoms with E-state index < -0.39 is 5.41 Å². The molecule has 0 fully saturated rings. The van der Waals surface area contributed by atoms with Crippen LogP contribution in [0.25, 0.3) is 94.3 Å².